The first-order valence-electron chi connectivity index (χ1n) is 7.88. The Labute approximate surface area is 146 Å². The molecule has 0 saturated carbocycles. The van der Waals surface area contributed by atoms with Crippen LogP contribution in [0.4, 0.5) is 0 Å². The van der Waals surface area contributed by atoms with Crippen molar-refractivity contribution >= 4 is 23.4 Å². The largest absolute Gasteiger partial charge is 0.351 e. The number of carbonyl (C=O) groups is 2. The molecule has 1 aromatic carbocycles. The lowest BCUT2D eigenvalue weighted by Gasteiger charge is -2.07. The fraction of sp³-hybridized carbons (Fsp3) is 0.278. The van der Waals surface area contributed by atoms with Crippen LogP contribution in [0.3, 0.4) is 0 Å². The van der Waals surface area contributed by atoms with Crippen molar-refractivity contribution in [2.75, 3.05) is 13.1 Å². The Kier molecular flexibility index (Phi) is 6.75. The molecule has 2 N–H and O–H groups in total. The van der Waals surface area contributed by atoms with Crippen molar-refractivity contribution in [3.05, 3.63) is 64.4 Å². The predicted molar refractivity (Wildman–Crippen MR) is 94.4 cm³/mol. The van der Waals surface area contributed by atoms with Gasteiger partial charge in [0.15, 0.2) is 0 Å². The van der Waals surface area contributed by atoms with Crippen LogP contribution in [-0.4, -0.2) is 29.9 Å². The Morgan fingerprint density at radius 2 is 1.62 bits per heavy atom. The molecule has 2 aromatic rings. The van der Waals surface area contributed by atoms with Gasteiger partial charge >= 0.3 is 0 Å². The zero-order valence-corrected chi connectivity index (χ0v) is 14.3. The lowest BCUT2D eigenvalue weighted by molar-refractivity contribution is 0.0944. The van der Waals surface area contributed by atoms with E-state index >= 15 is 0 Å². The third-order valence-corrected chi connectivity index (χ3v) is 3.57. The number of aromatic nitrogens is 1. The number of halogens is 1. The highest BCUT2D eigenvalue weighted by atomic mass is 35.5. The van der Waals surface area contributed by atoms with Crippen molar-refractivity contribution in [2.24, 2.45) is 0 Å². The molecule has 2 rings (SSSR count). The molecular formula is C18H20ClN3O2. The average Bonchev–Trinajstić information content (AvgIpc) is 2.59. The minimum atomic E-state index is -0.304. The Bertz CT molecular complexity index is 719. The van der Waals surface area contributed by atoms with Gasteiger partial charge in [0.05, 0.1) is 0 Å². The third kappa shape index (κ3) is 5.35. The highest BCUT2D eigenvalue weighted by Gasteiger charge is 2.11. The van der Waals surface area contributed by atoms with Gasteiger partial charge in [-0.2, -0.15) is 0 Å². The van der Waals surface area contributed by atoms with Gasteiger partial charge in [0.1, 0.15) is 11.4 Å². The molecule has 0 spiro atoms. The molecule has 24 heavy (non-hydrogen) atoms. The van der Waals surface area contributed by atoms with E-state index in [4.69, 9.17) is 11.6 Å². The van der Waals surface area contributed by atoms with Gasteiger partial charge in [-0.1, -0.05) is 36.7 Å². The van der Waals surface area contributed by atoms with E-state index in [9.17, 15) is 9.59 Å². The van der Waals surface area contributed by atoms with Crippen molar-refractivity contribution in [3.63, 3.8) is 0 Å². The first kappa shape index (κ1) is 17.9. The summed E-state index contributed by atoms with van der Waals surface area (Å²) < 4.78 is 0. The molecule has 0 bridgehead atoms. The van der Waals surface area contributed by atoms with Crippen LogP contribution in [-0.2, 0) is 6.42 Å². The monoisotopic (exact) mass is 345 g/mol. The average molecular weight is 346 g/mol. The lowest BCUT2D eigenvalue weighted by atomic mass is 10.1. The second kappa shape index (κ2) is 9.03. The molecule has 0 aliphatic rings. The number of nitrogens with zero attached hydrogens (tertiary/aromatic N) is 1. The van der Waals surface area contributed by atoms with Crippen molar-refractivity contribution in [3.8, 4) is 0 Å². The number of pyridine rings is 1. The summed E-state index contributed by atoms with van der Waals surface area (Å²) >= 11 is 5.93. The van der Waals surface area contributed by atoms with E-state index in [1.165, 1.54) is 0 Å². The molecule has 1 heterocycles. The highest BCUT2D eigenvalue weighted by Crippen LogP contribution is 2.10. The Balaban J connectivity index is 1.91. The van der Waals surface area contributed by atoms with Crippen LogP contribution in [0.5, 0.6) is 0 Å². The van der Waals surface area contributed by atoms with Gasteiger partial charge in [0.2, 0.25) is 0 Å². The predicted octanol–water partition coefficient (Wildman–Crippen LogP) is 2.85. The molecule has 0 radical (unpaired) electrons. The molecule has 0 atom stereocenters. The van der Waals surface area contributed by atoms with Crippen LogP contribution < -0.4 is 10.6 Å². The summed E-state index contributed by atoms with van der Waals surface area (Å²) in [6, 6.07) is 12.3. The molecule has 6 heteroatoms. The SMILES string of the molecule is CCCNC(=O)c1cccc(C(=O)NCCc2cccc(Cl)c2)n1. The van der Waals surface area contributed by atoms with Crippen molar-refractivity contribution < 1.29 is 9.59 Å². The maximum atomic E-state index is 12.2. The summed E-state index contributed by atoms with van der Waals surface area (Å²) in [7, 11) is 0. The fourth-order valence-electron chi connectivity index (χ4n) is 2.12. The smallest absolute Gasteiger partial charge is 0.269 e. The van der Waals surface area contributed by atoms with Gasteiger partial charge in [-0.25, -0.2) is 4.98 Å². The molecule has 0 saturated heterocycles. The second-order valence-electron chi connectivity index (χ2n) is 5.30. The summed E-state index contributed by atoms with van der Waals surface area (Å²) in [5.41, 5.74) is 1.51. The van der Waals surface area contributed by atoms with E-state index in [2.05, 4.69) is 15.6 Å². The molecule has 1 aromatic heterocycles. The molecule has 5 nitrogen and oxygen atoms in total. The maximum absolute atomic E-state index is 12.2. The van der Waals surface area contributed by atoms with Crippen LogP contribution in [0.1, 0.15) is 39.9 Å². The quantitative estimate of drug-likeness (QED) is 0.810. The van der Waals surface area contributed by atoms with E-state index < -0.39 is 0 Å². The summed E-state index contributed by atoms with van der Waals surface area (Å²) in [6.45, 7) is 3.02. The molecule has 2 amide bonds. The van der Waals surface area contributed by atoms with Gasteiger partial charge < -0.3 is 10.6 Å². The van der Waals surface area contributed by atoms with Crippen LogP contribution in [0, 0.1) is 0 Å². The minimum Gasteiger partial charge on any atom is -0.351 e. The third-order valence-electron chi connectivity index (χ3n) is 3.34. The number of rotatable bonds is 7. The molecular weight excluding hydrogens is 326 g/mol. The van der Waals surface area contributed by atoms with Crippen LogP contribution in [0.2, 0.25) is 5.02 Å². The highest BCUT2D eigenvalue weighted by molar-refractivity contribution is 6.30. The normalized spacial score (nSPS) is 10.2. The van der Waals surface area contributed by atoms with Crippen LogP contribution in [0.15, 0.2) is 42.5 Å². The van der Waals surface area contributed by atoms with E-state index in [1.807, 2.05) is 31.2 Å². The number of benzene rings is 1. The van der Waals surface area contributed by atoms with Crippen molar-refractivity contribution in [1.82, 2.24) is 15.6 Å². The van der Waals surface area contributed by atoms with Gasteiger partial charge in [0, 0.05) is 18.1 Å². The lowest BCUT2D eigenvalue weighted by Crippen LogP contribution is -2.29. The Morgan fingerprint density at radius 3 is 2.25 bits per heavy atom. The van der Waals surface area contributed by atoms with Crippen molar-refractivity contribution in [2.45, 2.75) is 19.8 Å². The molecule has 0 fully saturated rings. The van der Waals surface area contributed by atoms with E-state index in [1.54, 1.807) is 18.2 Å². The zero-order chi connectivity index (χ0) is 17.4. The van der Waals surface area contributed by atoms with Gasteiger partial charge in [-0.15, -0.1) is 0 Å². The zero-order valence-electron chi connectivity index (χ0n) is 13.5. The van der Waals surface area contributed by atoms with E-state index in [-0.39, 0.29) is 23.2 Å². The Hall–Kier alpha value is -2.40. The molecule has 0 aliphatic carbocycles. The van der Waals surface area contributed by atoms with Crippen LogP contribution >= 0.6 is 11.6 Å². The first-order chi connectivity index (χ1) is 11.6. The maximum Gasteiger partial charge on any atom is 0.269 e. The molecule has 126 valence electrons. The number of carbonyl (C=O) groups excluding carboxylic acids is 2. The van der Waals surface area contributed by atoms with Gasteiger partial charge in [-0.05, 0) is 42.7 Å². The Morgan fingerprint density at radius 1 is 1.00 bits per heavy atom. The summed E-state index contributed by atoms with van der Waals surface area (Å²) in [5.74, 6) is -0.576. The van der Waals surface area contributed by atoms with Gasteiger partial charge in [0.25, 0.3) is 11.8 Å². The molecule has 0 aliphatic heterocycles. The first-order valence-corrected chi connectivity index (χ1v) is 8.26. The summed E-state index contributed by atoms with van der Waals surface area (Å²) in [4.78, 5) is 28.2. The van der Waals surface area contributed by atoms with Crippen LogP contribution in [0.25, 0.3) is 0 Å². The number of hydrogen-bond donors (Lipinski definition) is 2. The second-order valence-corrected chi connectivity index (χ2v) is 5.74. The summed E-state index contributed by atoms with van der Waals surface area (Å²) in [6.07, 6.45) is 1.51. The van der Waals surface area contributed by atoms with E-state index in [0.29, 0.717) is 24.5 Å². The van der Waals surface area contributed by atoms with E-state index in [0.717, 1.165) is 12.0 Å². The van der Waals surface area contributed by atoms with Gasteiger partial charge in [-0.3, -0.25) is 9.59 Å². The number of nitrogens with one attached hydrogen (secondary N) is 2. The topological polar surface area (TPSA) is 71.1 Å². The van der Waals surface area contributed by atoms with Crippen molar-refractivity contribution in [1.29, 1.82) is 0 Å². The molecule has 0 unspecified atom stereocenters. The summed E-state index contributed by atoms with van der Waals surface area (Å²) in [5, 5.41) is 6.21. The minimum absolute atomic E-state index is 0.227. The fourth-order valence-corrected chi connectivity index (χ4v) is 2.33. The number of amides is 2. The standard InChI is InChI=1S/C18H20ClN3O2/c1-2-10-20-17(23)15-7-4-8-16(22-15)18(24)21-11-9-13-5-3-6-14(19)12-13/h3-8,12H,2,9-11H2,1H3,(H,20,23)(H,21,24). The number of hydrogen-bond acceptors (Lipinski definition) is 3.